The molecular weight excluding hydrogens is 144 g/mol. The van der Waals surface area contributed by atoms with Crippen molar-refractivity contribution >= 4 is 0 Å². The van der Waals surface area contributed by atoms with Crippen molar-refractivity contribution in [2.24, 2.45) is 0 Å². The predicted molar refractivity (Wildman–Crippen MR) is 36.5 cm³/mol. The maximum absolute atomic E-state index is 9.56. The molecule has 2 heterocycles. The maximum atomic E-state index is 9.56. The van der Waals surface area contributed by atoms with Crippen molar-refractivity contribution in [2.45, 2.75) is 12.2 Å². The first kappa shape index (κ1) is 6.69. The molecule has 1 atom stereocenters. The molecule has 0 aliphatic carbocycles. The van der Waals surface area contributed by atoms with Gasteiger partial charge in [0.2, 0.25) is 5.79 Å². The molecule has 0 saturated carbocycles. The SMILES string of the molecule is OC1(c2cnccn2)CCO1. The molecule has 0 spiro atoms. The van der Waals surface area contributed by atoms with E-state index in [0.29, 0.717) is 18.7 Å². The molecule has 1 N–H and O–H groups in total. The van der Waals surface area contributed by atoms with Crippen LogP contribution in [0.3, 0.4) is 0 Å². The van der Waals surface area contributed by atoms with Crippen LogP contribution in [0.1, 0.15) is 12.1 Å². The summed E-state index contributed by atoms with van der Waals surface area (Å²) in [4.78, 5) is 7.77. The Kier molecular flexibility index (Phi) is 1.37. The Morgan fingerprint density at radius 2 is 2.36 bits per heavy atom. The Balaban J connectivity index is 2.29. The van der Waals surface area contributed by atoms with Crippen LogP contribution in [-0.2, 0) is 10.5 Å². The Bertz CT molecular complexity index is 246. The number of nitrogens with zero attached hydrogens (tertiary/aromatic N) is 2. The van der Waals surface area contributed by atoms with Gasteiger partial charge in [-0.2, -0.15) is 0 Å². The third-order valence-corrected chi connectivity index (χ3v) is 1.75. The Morgan fingerprint density at radius 3 is 2.82 bits per heavy atom. The van der Waals surface area contributed by atoms with Crippen molar-refractivity contribution in [3.63, 3.8) is 0 Å². The Labute approximate surface area is 63.9 Å². The van der Waals surface area contributed by atoms with Crippen molar-refractivity contribution in [3.05, 3.63) is 24.3 Å². The van der Waals surface area contributed by atoms with E-state index in [4.69, 9.17) is 4.74 Å². The van der Waals surface area contributed by atoms with Crippen LogP contribution in [0.2, 0.25) is 0 Å². The molecule has 1 fully saturated rings. The first-order chi connectivity index (χ1) is 5.31. The first-order valence-corrected chi connectivity index (χ1v) is 3.44. The average Bonchev–Trinajstić information content (AvgIpc) is 2.02. The van der Waals surface area contributed by atoms with Crippen LogP contribution in [0.4, 0.5) is 0 Å². The molecule has 1 unspecified atom stereocenters. The normalized spacial score (nSPS) is 29.5. The van der Waals surface area contributed by atoms with E-state index in [9.17, 15) is 5.11 Å². The summed E-state index contributed by atoms with van der Waals surface area (Å²) >= 11 is 0. The highest BCUT2D eigenvalue weighted by atomic mass is 16.6. The van der Waals surface area contributed by atoms with Gasteiger partial charge in [-0.3, -0.25) is 9.97 Å². The molecule has 0 aromatic carbocycles. The van der Waals surface area contributed by atoms with Crippen molar-refractivity contribution in [1.29, 1.82) is 0 Å². The molecule has 1 aliphatic heterocycles. The van der Waals surface area contributed by atoms with Gasteiger partial charge in [0, 0.05) is 18.8 Å². The zero-order valence-electron chi connectivity index (χ0n) is 5.90. The van der Waals surface area contributed by atoms with Crippen molar-refractivity contribution < 1.29 is 9.84 Å². The summed E-state index contributed by atoms with van der Waals surface area (Å²) in [5.41, 5.74) is 0.492. The fourth-order valence-electron chi connectivity index (χ4n) is 0.998. The smallest absolute Gasteiger partial charge is 0.213 e. The minimum Gasteiger partial charge on any atom is -0.360 e. The van der Waals surface area contributed by atoms with Gasteiger partial charge in [-0.1, -0.05) is 0 Å². The molecule has 11 heavy (non-hydrogen) atoms. The summed E-state index contributed by atoms with van der Waals surface area (Å²) in [5, 5.41) is 9.56. The topological polar surface area (TPSA) is 55.2 Å². The second-order valence-corrected chi connectivity index (χ2v) is 2.47. The largest absolute Gasteiger partial charge is 0.360 e. The minimum atomic E-state index is -1.16. The van der Waals surface area contributed by atoms with Gasteiger partial charge in [0.1, 0.15) is 5.69 Å². The third-order valence-electron chi connectivity index (χ3n) is 1.75. The molecule has 58 valence electrons. The maximum Gasteiger partial charge on any atom is 0.213 e. The van der Waals surface area contributed by atoms with Gasteiger partial charge in [0.25, 0.3) is 0 Å². The molecule has 0 amide bonds. The van der Waals surface area contributed by atoms with Gasteiger partial charge < -0.3 is 9.84 Å². The van der Waals surface area contributed by atoms with Gasteiger partial charge in [-0.25, -0.2) is 0 Å². The standard InChI is InChI=1S/C7H8N2O2/c10-7(1-4-11-7)6-5-8-2-3-9-6/h2-3,5,10H,1,4H2. The zero-order chi connectivity index (χ0) is 7.73. The van der Waals surface area contributed by atoms with Crippen molar-refractivity contribution in [1.82, 2.24) is 9.97 Å². The predicted octanol–water partition coefficient (Wildman–Crippen LogP) is 0.0420. The molecular formula is C7H8N2O2. The minimum absolute atomic E-state index is 0.492. The summed E-state index contributed by atoms with van der Waals surface area (Å²) in [6.07, 6.45) is 5.21. The lowest BCUT2D eigenvalue weighted by molar-refractivity contribution is -0.294. The van der Waals surface area contributed by atoms with Crippen LogP contribution in [0.25, 0.3) is 0 Å². The monoisotopic (exact) mass is 152 g/mol. The highest BCUT2D eigenvalue weighted by Gasteiger charge is 2.39. The summed E-state index contributed by atoms with van der Waals surface area (Å²) < 4.78 is 4.96. The van der Waals surface area contributed by atoms with E-state index in [1.807, 2.05) is 0 Å². The summed E-state index contributed by atoms with van der Waals surface area (Å²) in [7, 11) is 0. The zero-order valence-corrected chi connectivity index (χ0v) is 5.90. The van der Waals surface area contributed by atoms with E-state index >= 15 is 0 Å². The van der Waals surface area contributed by atoms with Gasteiger partial charge in [0.15, 0.2) is 0 Å². The molecule has 0 bridgehead atoms. The van der Waals surface area contributed by atoms with Crippen LogP contribution in [0.15, 0.2) is 18.6 Å². The van der Waals surface area contributed by atoms with E-state index in [1.54, 1.807) is 6.20 Å². The van der Waals surface area contributed by atoms with Gasteiger partial charge >= 0.3 is 0 Å². The van der Waals surface area contributed by atoms with Crippen molar-refractivity contribution in [3.8, 4) is 0 Å². The molecule has 1 saturated heterocycles. The highest BCUT2D eigenvalue weighted by Crippen LogP contribution is 2.32. The first-order valence-electron chi connectivity index (χ1n) is 3.44. The number of hydrogen-bond donors (Lipinski definition) is 1. The van der Waals surface area contributed by atoms with E-state index in [-0.39, 0.29) is 0 Å². The van der Waals surface area contributed by atoms with Crippen molar-refractivity contribution in [2.75, 3.05) is 6.61 Å². The second-order valence-electron chi connectivity index (χ2n) is 2.47. The van der Waals surface area contributed by atoms with Crippen LogP contribution < -0.4 is 0 Å². The van der Waals surface area contributed by atoms with Gasteiger partial charge in [0.05, 0.1) is 12.8 Å². The lowest BCUT2D eigenvalue weighted by atomic mass is 10.1. The number of aromatic nitrogens is 2. The fourth-order valence-corrected chi connectivity index (χ4v) is 0.998. The quantitative estimate of drug-likeness (QED) is 0.617. The van der Waals surface area contributed by atoms with Gasteiger partial charge in [-0.15, -0.1) is 0 Å². The average molecular weight is 152 g/mol. The van der Waals surface area contributed by atoms with E-state index in [0.717, 1.165) is 0 Å². The third kappa shape index (κ3) is 1.00. The van der Waals surface area contributed by atoms with Gasteiger partial charge in [-0.05, 0) is 0 Å². The number of aliphatic hydroxyl groups is 1. The number of ether oxygens (including phenoxy) is 1. The molecule has 1 aromatic rings. The van der Waals surface area contributed by atoms with E-state index < -0.39 is 5.79 Å². The lowest BCUT2D eigenvalue weighted by Crippen LogP contribution is -2.41. The Morgan fingerprint density at radius 1 is 1.55 bits per heavy atom. The fraction of sp³-hybridized carbons (Fsp3) is 0.429. The second kappa shape index (κ2) is 2.25. The van der Waals surface area contributed by atoms with E-state index in [1.165, 1.54) is 12.4 Å². The molecule has 1 aromatic heterocycles. The molecule has 0 radical (unpaired) electrons. The summed E-state index contributed by atoms with van der Waals surface area (Å²) in [6.45, 7) is 0.590. The molecule has 2 rings (SSSR count). The summed E-state index contributed by atoms with van der Waals surface area (Å²) in [5.74, 6) is -1.16. The lowest BCUT2D eigenvalue weighted by Gasteiger charge is -2.35. The van der Waals surface area contributed by atoms with E-state index in [2.05, 4.69) is 9.97 Å². The van der Waals surface area contributed by atoms with Crippen LogP contribution in [0.5, 0.6) is 0 Å². The number of rotatable bonds is 1. The number of hydrogen-bond acceptors (Lipinski definition) is 4. The summed E-state index contributed by atoms with van der Waals surface area (Å²) in [6, 6.07) is 0. The van der Waals surface area contributed by atoms with Crippen LogP contribution in [0, 0.1) is 0 Å². The Hall–Kier alpha value is -1.00. The molecule has 4 nitrogen and oxygen atoms in total. The molecule has 1 aliphatic rings. The highest BCUT2D eigenvalue weighted by molar-refractivity contribution is 5.06. The molecule has 4 heteroatoms. The van der Waals surface area contributed by atoms with Crippen LogP contribution in [-0.4, -0.2) is 21.7 Å². The van der Waals surface area contributed by atoms with Crippen LogP contribution >= 0.6 is 0 Å².